The van der Waals surface area contributed by atoms with Crippen LogP contribution in [0.5, 0.6) is 0 Å². The summed E-state index contributed by atoms with van der Waals surface area (Å²) in [5.74, 6) is -0.268. The quantitative estimate of drug-likeness (QED) is 0.243. The second kappa shape index (κ2) is 9.51. The van der Waals surface area contributed by atoms with Crippen LogP contribution in [0.3, 0.4) is 0 Å². The highest BCUT2D eigenvalue weighted by molar-refractivity contribution is 6.08. The monoisotopic (exact) mass is 441 g/mol. The molecule has 0 aliphatic heterocycles. The van der Waals surface area contributed by atoms with Crippen LogP contribution in [0.2, 0.25) is 0 Å². The molecule has 1 N–H and O–H groups in total. The SMILES string of the molecule is C/C(=N\NC(=O)c1cc(-c2ccccc2)nc2ccccc12)c1ccc(-c2ccccc2)cc1. The van der Waals surface area contributed by atoms with E-state index in [1.807, 2.05) is 97.9 Å². The van der Waals surface area contributed by atoms with Crippen molar-refractivity contribution in [3.63, 3.8) is 0 Å². The minimum Gasteiger partial charge on any atom is -0.267 e. The van der Waals surface area contributed by atoms with Gasteiger partial charge in [0, 0.05) is 10.9 Å². The van der Waals surface area contributed by atoms with E-state index in [-0.39, 0.29) is 5.91 Å². The number of fused-ring (bicyclic) bond motifs is 1. The van der Waals surface area contributed by atoms with E-state index in [4.69, 9.17) is 4.98 Å². The number of nitrogens with one attached hydrogen (secondary N) is 1. The van der Waals surface area contributed by atoms with Gasteiger partial charge < -0.3 is 0 Å². The van der Waals surface area contributed by atoms with Crippen LogP contribution < -0.4 is 5.43 Å². The fraction of sp³-hybridized carbons (Fsp3) is 0.0333. The number of hydrogen-bond donors (Lipinski definition) is 1. The summed E-state index contributed by atoms with van der Waals surface area (Å²) < 4.78 is 0. The summed E-state index contributed by atoms with van der Waals surface area (Å²) >= 11 is 0. The van der Waals surface area contributed by atoms with E-state index < -0.39 is 0 Å². The minimum atomic E-state index is -0.268. The lowest BCUT2D eigenvalue weighted by molar-refractivity contribution is 0.0956. The van der Waals surface area contributed by atoms with Gasteiger partial charge in [-0.3, -0.25) is 4.79 Å². The van der Waals surface area contributed by atoms with Crippen molar-refractivity contribution in [1.29, 1.82) is 0 Å². The Morgan fingerprint density at radius 2 is 1.29 bits per heavy atom. The summed E-state index contributed by atoms with van der Waals surface area (Å²) in [6, 6.07) is 37.7. The lowest BCUT2D eigenvalue weighted by Crippen LogP contribution is -2.20. The van der Waals surface area contributed by atoms with E-state index in [1.165, 1.54) is 0 Å². The summed E-state index contributed by atoms with van der Waals surface area (Å²) in [6.45, 7) is 1.89. The van der Waals surface area contributed by atoms with Gasteiger partial charge in [-0.15, -0.1) is 0 Å². The fourth-order valence-corrected chi connectivity index (χ4v) is 3.91. The van der Waals surface area contributed by atoms with Crippen LogP contribution in [0.25, 0.3) is 33.3 Å². The summed E-state index contributed by atoms with van der Waals surface area (Å²) in [5.41, 5.74) is 9.74. The Balaban J connectivity index is 1.41. The summed E-state index contributed by atoms with van der Waals surface area (Å²) in [6.07, 6.45) is 0. The van der Waals surface area contributed by atoms with Gasteiger partial charge >= 0.3 is 0 Å². The zero-order valence-electron chi connectivity index (χ0n) is 18.8. The van der Waals surface area contributed by atoms with Gasteiger partial charge in [-0.1, -0.05) is 103 Å². The van der Waals surface area contributed by atoms with E-state index in [2.05, 4.69) is 34.8 Å². The van der Waals surface area contributed by atoms with Gasteiger partial charge in [0.2, 0.25) is 0 Å². The Hall–Kier alpha value is -4.57. The molecule has 164 valence electrons. The molecule has 0 saturated carbocycles. The smallest absolute Gasteiger partial charge is 0.267 e. The number of nitrogens with zero attached hydrogens (tertiary/aromatic N) is 2. The molecule has 0 bridgehead atoms. The Bertz CT molecular complexity index is 1470. The third-order valence-corrected chi connectivity index (χ3v) is 5.77. The maximum atomic E-state index is 13.2. The summed E-state index contributed by atoms with van der Waals surface area (Å²) in [4.78, 5) is 17.9. The van der Waals surface area contributed by atoms with Crippen molar-refractivity contribution < 1.29 is 4.79 Å². The first kappa shape index (κ1) is 21.3. The molecule has 1 aromatic heterocycles. The van der Waals surface area contributed by atoms with E-state index in [1.54, 1.807) is 0 Å². The molecule has 1 amide bonds. The normalized spacial score (nSPS) is 11.4. The van der Waals surface area contributed by atoms with Gasteiger partial charge in [-0.25, -0.2) is 10.4 Å². The van der Waals surface area contributed by atoms with Crippen molar-refractivity contribution in [3.8, 4) is 22.4 Å². The molecule has 0 aliphatic carbocycles. The molecule has 0 spiro atoms. The molecule has 34 heavy (non-hydrogen) atoms. The zero-order chi connectivity index (χ0) is 23.3. The average molecular weight is 442 g/mol. The van der Waals surface area contributed by atoms with Crippen molar-refractivity contribution in [2.24, 2.45) is 5.10 Å². The van der Waals surface area contributed by atoms with Crippen molar-refractivity contribution in [2.45, 2.75) is 6.92 Å². The molecule has 0 aliphatic rings. The number of carbonyl (C=O) groups excluding carboxylic acids is 1. The molecule has 0 unspecified atom stereocenters. The molecule has 1 heterocycles. The Morgan fingerprint density at radius 3 is 2.00 bits per heavy atom. The molecule has 0 fully saturated rings. The van der Waals surface area contributed by atoms with Crippen LogP contribution in [0, 0.1) is 0 Å². The Morgan fingerprint density at radius 1 is 0.706 bits per heavy atom. The highest BCUT2D eigenvalue weighted by Crippen LogP contribution is 2.25. The maximum absolute atomic E-state index is 13.2. The Labute approximate surface area is 198 Å². The molecular weight excluding hydrogens is 418 g/mol. The predicted octanol–water partition coefficient (Wildman–Crippen LogP) is 6.72. The van der Waals surface area contributed by atoms with E-state index in [0.29, 0.717) is 5.56 Å². The lowest BCUT2D eigenvalue weighted by Gasteiger charge is -2.10. The molecular formula is C30H23N3O. The number of hydrazone groups is 1. The fourth-order valence-electron chi connectivity index (χ4n) is 3.91. The highest BCUT2D eigenvalue weighted by Gasteiger charge is 2.14. The van der Waals surface area contributed by atoms with Crippen LogP contribution in [0.15, 0.2) is 120 Å². The van der Waals surface area contributed by atoms with Crippen LogP contribution in [0.4, 0.5) is 0 Å². The number of benzene rings is 4. The molecule has 0 radical (unpaired) electrons. The van der Waals surface area contributed by atoms with Crippen LogP contribution in [-0.4, -0.2) is 16.6 Å². The van der Waals surface area contributed by atoms with E-state index >= 15 is 0 Å². The average Bonchev–Trinajstić information content (AvgIpc) is 2.92. The van der Waals surface area contributed by atoms with Crippen LogP contribution in [-0.2, 0) is 0 Å². The number of hydrogen-bond acceptors (Lipinski definition) is 3. The first-order chi connectivity index (χ1) is 16.7. The second-order valence-corrected chi connectivity index (χ2v) is 8.02. The Kier molecular flexibility index (Phi) is 5.95. The number of aromatic nitrogens is 1. The molecule has 5 rings (SSSR count). The number of amides is 1. The van der Waals surface area contributed by atoms with Gasteiger partial charge in [0.1, 0.15) is 0 Å². The number of pyridine rings is 1. The summed E-state index contributed by atoms with van der Waals surface area (Å²) in [7, 11) is 0. The van der Waals surface area contributed by atoms with E-state index in [9.17, 15) is 4.79 Å². The first-order valence-electron chi connectivity index (χ1n) is 11.1. The van der Waals surface area contributed by atoms with Gasteiger partial charge in [0.15, 0.2) is 0 Å². The third-order valence-electron chi connectivity index (χ3n) is 5.77. The number of para-hydroxylation sites is 1. The minimum absolute atomic E-state index is 0.268. The third kappa shape index (κ3) is 4.48. The van der Waals surface area contributed by atoms with Crippen molar-refractivity contribution in [3.05, 3.63) is 126 Å². The molecule has 4 aromatic carbocycles. The topological polar surface area (TPSA) is 54.4 Å². The first-order valence-corrected chi connectivity index (χ1v) is 11.1. The zero-order valence-corrected chi connectivity index (χ0v) is 18.8. The predicted molar refractivity (Wildman–Crippen MR) is 139 cm³/mol. The number of carbonyl (C=O) groups is 1. The molecule has 0 saturated heterocycles. The summed E-state index contributed by atoms with van der Waals surface area (Å²) in [5, 5.41) is 5.17. The van der Waals surface area contributed by atoms with Crippen molar-refractivity contribution >= 4 is 22.5 Å². The largest absolute Gasteiger partial charge is 0.272 e. The maximum Gasteiger partial charge on any atom is 0.272 e. The van der Waals surface area contributed by atoms with Crippen LogP contribution in [0.1, 0.15) is 22.8 Å². The number of rotatable bonds is 5. The molecule has 0 atom stereocenters. The van der Waals surface area contributed by atoms with Gasteiger partial charge in [0.25, 0.3) is 5.91 Å². The standard InChI is InChI=1S/C30H23N3O/c1-21(22-16-18-24(19-17-22)23-10-4-2-5-11-23)32-33-30(34)27-20-29(25-12-6-3-7-13-25)31-28-15-9-8-14-26(27)28/h2-20H,1H3,(H,33,34)/b32-21+. The van der Waals surface area contributed by atoms with Crippen molar-refractivity contribution in [2.75, 3.05) is 0 Å². The lowest BCUT2D eigenvalue weighted by atomic mass is 10.0. The van der Waals surface area contributed by atoms with Gasteiger partial charge in [0.05, 0.1) is 22.5 Å². The van der Waals surface area contributed by atoms with Crippen molar-refractivity contribution in [1.82, 2.24) is 10.4 Å². The molecule has 4 heteroatoms. The van der Waals surface area contributed by atoms with Gasteiger partial charge in [-0.05, 0) is 35.7 Å². The second-order valence-electron chi connectivity index (χ2n) is 8.02. The molecule has 4 nitrogen and oxygen atoms in total. The van der Waals surface area contributed by atoms with Crippen LogP contribution >= 0.6 is 0 Å². The highest BCUT2D eigenvalue weighted by atomic mass is 16.2. The molecule has 5 aromatic rings. The van der Waals surface area contributed by atoms with Gasteiger partial charge in [-0.2, -0.15) is 5.10 Å². The van der Waals surface area contributed by atoms with E-state index in [0.717, 1.165) is 44.6 Å².